The minimum absolute atomic E-state index is 0.0329. The molecule has 2 aromatic rings. The number of hydrogen-bond donors (Lipinski definition) is 2. The van der Waals surface area contributed by atoms with Crippen molar-refractivity contribution in [2.75, 3.05) is 24.3 Å². The van der Waals surface area contributed by atoms with E-state index in [1.165, 1.54) is 10.6 Å². The molecule has 3 N–H and O–H groups in total. The SMILES string of the molecule is CCn1c(N)c(NC(=O)/C=C/c2cccc(O[C@@H]3CCOC3)c2)c(=O)n(CC)c1=O. The summed E-state index contributed by atoms with van der Waals surface area (Å²) in [4.78, 5) is 37.2. The number of nitrogens with one attached hydrogen (secondary N) is 1. The lowest BCUT2D eigenvalue weighted by molar-refractivity contribution is -0.111. The third-order valence-electron chi connectivity index (χ3n) is 4.82. The van der Waals surface area contributed by atoms with Gasteiger partial charge in [0.2, 0.25) is 5.91 Å². The second-order valence-corrected chi connectivity index (χ2v) is 6.84. The number of benzene rings is 1. The zero-order valence-electron chi connectivity index (χ0n) is 17.1. The van der Waals surface area contributed by atoms with Crippen molar-refractivity contribution in [3.8, 4) is 5.75 Å². The maximum absolute atomic E-state index is 12.5. The molecule has 0 saturated carbocycles. The van der Waals surface area contributed by atoms with Gasteiger partial charge in [-0.1, -0.05) is 12.1 Å². The molecule has 1 amide bonds. The molecule has 1 aliphatic heterocycles. The van der Waals surface area contributed by atoms with Crippen LogP contribution in [0.15, 0.2) is 39.9 Å². The molecule has 1 aromatic heterocycles. The highest BCUT2D eigenvalue weighted by Gasteiger charge is 2.18. The number of nitrogens with zero attached hydrogens (tertiary/aromatic N) is 2. The van der Waals surface area contributed by atoms with Crippen LogP contribution in [0, 0.1) is 0 Å². The first kappa shape index (κ1) is 21.4. The molecule has 0 spiro atoms. The molecular formula is C21H26N4O5. The predicted octanol–water partition coefficient (Wildman–Crippen LogP) is 1.45. The minimum atomic E-state index is -0.624. The fourth-order valence-corrected chi connectivity index (χ4v) is 3.24. The van der Waals surface area contributed by atoms with Gasteiger partial charge in [0.1, 0.15) is 23.4 Å². The van der Waals surface area contributed by atoms with E-state index in [-0.39, 0.29) is 30.7 Å². The van der Waals surface area contributed by atoms with Crippen molar-refractivity contribution >= 4 is 23.5 Å². The van der Waals surface area contributed by atoms with E-state index >= 15 is 0 Å². The van der Waals surface area contributed by atoms with Crippen LogP contribution in [0.1, 0.15) is 25.8 Å². The van der Waals surface area contributed by atoms with Gasteiger partial charge in [0, 0.05) is 25.6 Å². The van der Waals surface area contributed by atoms with Gasteiger partial charge in [-0.25, -0.2) is 4.79 Å². The van der Waals surface area contributed by atoms with Gasteiger partial charge in [-0.15, -0.1) is 0 Å². The predicted molar refractivity (Wildman–Crippen MR) is 115 cm³/mol. The fourth-order valence-electron chi connectivity index (χ4n) is 3.24. The molecule has 0 aliphatic carbocycles. The first-order valence-corrected chi connectivity index (χ1v) is 9.91. The number of hydrogen-bond acceptors (Lipinski definition) is 6. The van der Waals surface area contributed by atoms with Gasteiger partial charge in [-0.2, -0.15) is 0 Å². The molecule has 1 aliphatic rings. The van der Waals surface area contributed by atoms with Gasteiger partial charge in [-0.05, 0) is 37.6 Å². The van der Waals surface area contributed by atoms with Crippen LogP contribution in [-0.4, -0.2) is 34.4 Å². The highest BCUT2D eigenvalue weighted by Crippen LogP contribution is 2.19. The number of ether oxygens (including phenoxy) is 2. The van der Waals surface area contributed by atoms with E-state index in [9.17, 15) is 14.4 Å². The summed E-state index contributed by atoms with van der Waals surface area (Å²) < 4.78 is 13.4. The van der Waals surface area contributed by atoms with E-state index in [1.54, 1.807) is 19.9 Å². The fraction of sp³-hybridized carbons (Fsp3) is 0.381. The molecule has 1 aromatic carbocycles. The maximum atomic E-state index is 12.5. The van der Waals surface area contributed by atoms with Crippen LogP contribution in [0.25, 0.3) is 6.08 Å². The zero-order chi connectivity index (χ0) is 21.7. The number of nitrogens with two attached hydrogens (primary N) is 1. The summed E-state index contributed by atoms with van der Waals surface area (Å²) in [5, 5.41) is 2.51. The van der Waals surface area contributed by atoms with Crippen molar-refractivity contribution in [1.29, 1.82) is 0 Å². The quantitative estimate of drug-likeness (QED) is 0.662. The minimum Gasteiger partial charge on any atom is -0.488 e. The third kappa shape index (κ3) is 4.62. The second kappa shape index (κ2) is 9.45. The largest absolute Gasteiger partial charge is 0.488 e. The Kier molecular flexibility index (Phi) is 6.73. The van der Waals surface area contributed by atoms with Crippen LogP contribution < -0.4 is 27.0 Å². The van der Waals surface area contributed by atoms with Crippen LogP contribution in [0.5, 0.6) is 5.75 Å². The lowest BCUT2D eigenvalue weighted by Crippen LogP contribution is -2.42. The second-order valence-electron chi connectivity index (χ2n) is 6.84. The smallest absolute Gasteiger partial charge is 0.332 e. The molecule has 1 fully saturated rings. The Labute approximate surface area is 173 Å². The van der Waals surface area contributed by atoms with E-state index in [1.807, 2.05) is 24.3 Å². The number of amides is 1. The number of rotatable bonds is 7. The average molecular weight is 414 g/mol. The molecule has 1 atom stereocenters. The Morgan fingerprint density at radius 1 is 1.30 bits per heavy atom. The molecule has 9 heteroatoms. The molecule has 30 heavy (non-hydrogen) atoms. The summed E-state index contributed by atoms with van der Waals surface area (Å²) in [6.45, 7) is 5.13. The van der Waals surface area contributed by atoms with E-state index in [2.05, 4.69) is 5.32 Å². The van der Waals surface area contributed by atoms with Crippen molar-refractivity contribution in [2.24, 2.45) is 0 Å². The summed E-state index contributed by atoms with van der Waals surface area (Å²) in [6, 6.07) is 7.32. The Bertz CT molecular complexity index is 1060. The molecule has 0 bridgehead atoms. The van der Waals surface area contributed by atoms with E-state index in [0.29, 0.717) is 19.0 Å². The van der Waals surface area contributed by atoms with Crippen molar-refractivity contribution in [1.82, 2.24) is 9.13 Å². The van der Waals surface area contributed by atoms with Gasteiger partial charge in [-0.3, -0.25) is 18.7 Å². The van der Waals surface area contributed by atoms with Crippen LogP contribution in [0.4, 0.5) is 11.5 Å². The van der Waals surface area contributed by atoms with Crippen LogP contribution in [0.2, 0.25) is 0 Å². The lowest BCUT2D eigenvalue weighted by atomic mass is 10.2. The first-order valence-electron chi connectivity index (χ1n) is 9.91. The van der Waals surface area contributed by atoms with Crippen LogP contribution in [0.3, 0.4) is 0 Å². The Morgan fingerprint density at radius 3 is 2.73 bits per heavy atom. The van der Waals surface area contributed by atoms with Gasteiger partial charge in [0.25, 0.3) is 5.56 Å². The van der Waals surface area contributed by atoms with Gasteiger partial charge >= 0.3 is 5.69 Å². The monoisotopic (exact) mass is 414 g/mol. The molecule has 9 nitrogen and oxygen atoms in total. The molecule has 160 valence electrons. The summed E-state index contributed by atoms with van der Waals surface area (Å²) >= 11 is 0. The summed E-state index contributed by atoms with van der Waals surface area (Å²) in [5.74, 6) is 0.101. The Hall–Kier alpha value is -3.33. The van der Waals surface area contributed by atoms with Crippen LogP contribution >= 0.6 is 0 Å². The lowest BCUT2D eigenvalue weighted by Gasteiger charge is -2.14. The Morgan fingerprint density at radius 2 is 2.07 bits per heavy atom. The summed E-state index contributed by atoms with van der Waals surface area (Å²) in [7, 11) is 0. The summed E-state index contributed by atoms with van der Waals surface area (Å²) in [5.41, 5.74) is 5.49. The Balaban J connectivity index is 1.77. The molecular weight excluding hydrogens is 388 g/mol. The highest BCUT2D eigenvalue weighted by molar-refractivity contribution is 6.03. The van der Waals surface area contributed by atoms with Gasteiger partial charge < -0.3 is 20.5 Å². The van der Waals surface area contributed by atoms with Crippen molar-refractivity contribution in [3.63, 3.8) is 0 Å². The summed E-state index contributed by atoms with van der Waals surface area (Å²) in [6.07, 6.45) is 3.79. The maximum Gasteiger partial charge on any atom is 0.332 e. The van der Waals surface area contributed by atoms with Crippen molar-refractivity contribution in [3.05, 3.63) is 56.7 Å². The standard InChI is InChI=1S/C21H26N4O5/c1-3-24-19(22)18(20(27)25(4-2)21(24)28)23-17(26)9-8-14-6-5-7-15(12-14)30-16-10-11-29-13-16/h5-9,12,16H,3-4,10-11,13,22H2,1-2H3,(H,23,26)/b9-8+/t16-/m1/s1. The average Bonchev–Trinajstić information content (AvgIpc) is 3.24. The molecule has 2 heterocycles. The number of carbonyl (C=O) groups is 1. The van der Waals surface area contributed by atoms with E-state index < -0.39 is 17.2 Å². The van der Waals surface area contributed by atoms with Crippen LogP contribution in [-0.2, 0) is 22.6 Å². The zero-order valence-corrected chi connectivity index (χ0v) is 17.1. The first-order chi connectivity index (χ1) is 14.4. The number of aromatic nitrogens is 2. The van der Waals surface area contributed by atoms with E-state index in [4.69, 9.17) is 15.2 Å². The molecule has 0 unspecified atom stereocenters. The topological polar surface area (TPSA) is 118 Å². The van der Waals surface area contributed by atoms with Crippen molar-refractivity contribution < 1.29 is 14.3 Å². The number of carbonyl (C=O) groups excluding carboxylic acids is 1. The normalized spacial score (nSPS) is 16.1. The molecule has 3 rings (SSSR count). The van der Waals surface area contributed by atoms with Gasteiger partial charge in [0.15, 0.2) is 0 Å². The molecule has 1 saturated heterocycles. The van der Waals surface area contributed by atoms with Crippen molar-refractivity contribution in [2.45, 2.75) is 39.5 Å². The third-order valence-corrected chi connectivity index (χ3v) is 4.82. The molecule has 0 radical (unpaired) electrons. The number of nitrogen functional groups attached to an aromatic ring is 1. The number of anilines is 2. The van der Waals surface area contributed by atoms with Gasteiger partial charge in [0.05, 0.1) is 13.2 Å². The highest BCUT2D eigenvalue weighted by atomic mass is 16.5. The van der Waals surface area contributed by atoms with E-state index in [0.717, 1.165) is 16.6 Å².